The number of carbonyl (C=O) groups is 1. The summed E-state index contributed by atoms with van der Waals surface area (Å²) in [6.07, 6.45) is 2.36. The van der Waals surface area contributed by atoms with Crippen LogP contribution >= 0.6 is 0 Å². The minimum atomic E-state index is -0.310. The molecule has 0 saturated heterocycles. The molecule has 0 fully saturated rings. The van der Waals surface area contributed by atoms with Gasteiger partial charge in [0.15, 0.2) is 0 Å². The van der Waals surface area contributed by atoms with Gasteiger partial charge in [0.25, 0.3) is 5.91 Å². The molecule has 18 heavy (non-hydrogen) atoms. The number of hydrogen-bond donors (Lipinski definition) is 2. The summed E-state index contributed by atoms with van der Waals surface area (Å²) in [7, 11) is 0. The molecule has 0 spiro atoms. The van der Waals surface area contributed by atoms with Crippen LogP contribution in [0.1, 0.15) is 27.2 Å². The third-order valence-electron chi connectivity index (χ3n) is 2.61. The molecule has 0 atom stereocenters. The van der Waals surface area contributed by atoms with E-state index >= 15 is 0 Å². The summed E-state index contributed by atoms with van der Waals surface area (Å²) < 4.78 is 0. The van der Waals surface area contributed by atoms with Gasteiger partial charge in [-0.2, -0.15) is 5.26 Å². The van der Waals surface area contributed by atoms with Crippen LogP contribution in [0, 0.1) is 11.3 Å². The second kappa shape index (κ2) is 10.6. The highest BCUT2D eigenvalue weighted by molar-refractivity contribution is 5.97. The van der Waals surface area contributed by atoms with Crippen LogP contribution < -0.4 is 10.6 Å². The normalized spacial score (nSPS) is 11.2. The summed E-state index contributed by atoms with van der Waals surface area (Å²) in [4.78, 5) is 13.8. The predicted octanol–water partition coefficient (Wildman–Crippen LogP) is 0.851. The van der Waals surface area contributed by atoms with E-state index in [9.17, 15) is 4.79 Å². The van der Waals surface area contributed by atoms with E-state index in [1.54, 1.807) is 0 Å². The molecule has 0 aliphatic rings. The average molecular weight is 252 g/mol. The zero-order chi connectivity index (χ0) is 13.8. The van der Waals surface area contributed by atoms with Gasteiger partial charge in [-0.05, 0) is 19.5 Å². The molecule has 5 heteroatoms. The summed E-state index contributed by atoms with van der Waals surface area (Å²) in [6, 6.07) is 1.90. The Labute approximate surface area is 110 Å². The van der Waals surface area contributed by atoms with Gasteiger partial charge in [-0.15, -0.1) is 0 Å². The van der Waals surface area contributed by atoms with Crippen LogP contribution in [0.4, 0.5) is 0 Å². The molecule has 0 heterocycles. The Balaban J connectivity index is 4.06. The Morgan fingerprint density at radius 2 is 1.94 bits per heavy atom. The van der Waals surface area contributed by atoms with Crippen molar-refractivity contribution in [1.29, 1.82) is 5.26 Å². The first-order valence-electron chi connectivity index (χ1n) is 6.53. The van der Waals surface area contributed by atoms with E-state index in [4.69, 9.17) is 5.26 Å². The van der Waals surface area contributed by atoms with E-state index in [-0.39, 0.29) is 11.5 Å². The maximum absolute atomic E-state index is 11.5. The van der Waals surface area contributed by atoms with Crippen molar-refractivity contribution in [2.45, 2.75) is 27.2 Å². The van der Waals surface area contributed by atoms with Crippen LogP contribution in [-0.4, -0.2) is 43.5 Å². The number of rotatable bonds is 9. The summed E-state index contributed by atoms with van der Waals surface area (Å²) in [5.41, 5.74) is 0.128. The smallest absolute Gasteiger partial charge is 0.263 e. The molecular weight excluding hydrogens is 228 g/mol. The molecule has 0 aliphatic heterocycles. The first-order valence-corrected chi connectivity index (χ1v) is 6.53. The Hall–Kier alpha value is -1.54. The number of nitriles is 1. The van der Waals surface area contributed by atoms with Gasteiger partial charge in [-0.25, -0.2) is 0 Å². The minimum absolute atomic E-state index is 0.128. The lowest BCUT2D eigenvalue weighted by atomic mass is 10.3. The Morgan fingerprint density at radius 3 is 2.44 bits per heavy atom. The predicted molar refractivity (Wildman–Crippen MR) is 72.8 cm³/mol. The fraction of sp³-hybridized carbons (Fsp3) is 0.692. The first-order chi connectivity index (χ1) is 8.69. The summed E-state index contributed by atoms with van der Waals surface area (Å²) >= 11 is 0. The highest BCUT2D eigenvalue weighted by Gasteiger charge is 2.06. The van der Waals surface area contributed by atoms with Gasteiger partial charge in [0.05, 0.1) is 0 Å². The van der Waals surface area contributed by atoms with Crippen molar-refractivity contribution in [1.82, 2.24) is 15.5 Å². The van der Waals surface area contributed by atoms with Gasteiger partial charge < -0.3 is 15.5 Å². The maximum Gasteiger partial charge on any atom is 0.263 e. The van der Waals surface area contributed by atoms with Gasteiger partial charge in [0.1, 0.15) is 11.6 Å². The van der Waals surface area contributed by atoms with Crippen molar-refractivity contribution in [2.75, 3.05) is 32.7 Å². The van der Waals surface area contributed by atoms with Crippen molar-refractivity contribution in [2.24, 2.45) is 0 Å². The van der Waals surface area contributed by atoms with E-state index in [1.807, 2.05) is 13.0 Å². The van der Waals surface area contributed by atoms with E-state index in [0.717, 1.165) is 32.6 Å². The molecule has 0 unspecified atom stereocenters. The van der Waals surface area contributed by atoms with Crippen molar-refractivity contribution in [3.05, 3.63) is 11.8 Å². The fourth-order valence-electron chi connectivity index (χ4n) is 1.42. The Bertz CT molecular complexity index is 303. The van der Waals surface area contributed by atoms with Crippen molar-refractivity contribution in [3.63, 3.8) is 0 Å². The van der Waals surface area contributed by atoms with Gasteiger partial charge in [0, 0.05) is 25.8 Å². The number of amides is 1. The number of carbonyl (C=O) groups excluding carboxylic acids is 1. The summed E-state index contributed by atoms with van der Waals surface area (Å²) in [6.45, 7) is 10.4. The molecule has 0 aliphatic carbocycles. The van der Waals surface area contributed by atoms with Gasteiger partial charge in [-0.3, -0.25) is 4.79 Å². The minimum Gasteiger partial charge on any atom is -0.388 e. The maximum atomic E-state index is 11.5. The monoisotopic (exact) mass is 252 g/mol. The van der Waals surface area contributed by atoms with Crippen molar-refractivity contribution in [3.8, 4) is 6.07 Å². The molecule has 0 saturated carbocycles. The van der Waals surface area contributed by atoms with Gasteiger partial charge in [0.2, 0.25) is 0 Å². The SMILES string of the molecule is CCCNC(=O)/C(C#N)=C\NCCN(CC)CC. The molecule has 0 aromatic heterocycles. The summed E-state index contributed by atoms with van der Waals surface area (Å²) in [5.74, 6) is -0.310. The molecule has 0 rings (SSSR count). The van der Waals surface area contributed by atoms with Gasteiger partial charge >= 0.3 is 0 Å². The summed E-state index contributed by atoms with van der Waals surface area (Å²) in [5, 5.41) is 14.5. The highest BCUT2D eigenvalue weighted by Crippen LogP contribution is 1.91. The van der Waals surface area contributed by atoms with Crippen molar-refractivity contribution >= 4 is 5.91 Å². The first kappa shape index (κ1) is 16.5. The van der Waals surface area contributed by atoms with Crippen LogP contribution in [0.15, 0.2) is 11.8 Å². The Kier molecular flexibility index (Phi) is 9.70. The van der Waals surface area contributed by atoms with Crippen LogP contribution in [0.3, 0.4) is 0 Å². The zero-order valence-corrected chi connectivity index (χ0v) is 11.6. The number of nitrogens with zero attached hydrogens (tertiary/aromatic N) is 2. The molecule has 0 radical (unpaired) electrons. The van der Waals surface area contributed by atoms with E-state index in [2.05, 4.69) is 29.4 Å². The van der Waals surface area contributed by atoms with Crippen LogP contribution in [0.25, 0.3) is 0 Å². The van der Waals surface area contributed by atoms with E-state index in [1.165, 1.54) is 6.20 Å². The molecule has 0 aromatic carbocycles. The second-order valence-corrected chi connectivity index (χ2v) is 3.91. The van der Waals surface area contributed by atoms with E-state index < -0.39 is 0 Å². The third-order valence-corrected chi connectivity index (χ3v) is 2.61. The van der Waals surface area contributed by atoms with Crippen molar-refractivity contribution < 1.29 is 4.79 Å². The Morgan fingerprint density at radius 1 is 1.28 bits per heavy atom. The highest BCUT2D eigenvalue weighted by atomic mass is 16.1. The standard InChI is InChI=1S/C13H24N4O/c1-4-7-16-13(18)12(10-14)11-15-8-9-17(5-2)6-3/h11,15H,4-9H2,1-3H3,(H,16,18)/b12-11-. The van der Waals surface area contributed by atoms with Gasteiger partial charge in [-0.1, -0.05) is 20.8 Å². The molecule has 2 N–H and O–H groups in total. The molecular formula is C13H24N4O. The second-order valence-electron chi connectivity index (χ2n) is 3.91. The lowest BCUT2D eigenvalue weighted by Gasteiger charge is -2.17. The van der Waals surface area contributed by atoms with E-state index in [0.29, 0.717) is 6.54 Å². The molecule has 102 valence electrons. The zero-order valence-electron chi connectivity index (χ0n) is 11.6. The largest absolute Gasteiger partial charge is 0.388 e. The quantitative estimate of drug-likeness (QED) is 0.363. The lowest BCUT2D eigenvalue weighted by molar-refractivity contribution is -0.117. The fourth-order valence-corrected chi connectivity index (χ4v) is 1.42. The number of nitrogens with one attached hydrogen (secondary N) is 2. The third kappa shape index (κ3) is 6.92. The van der Waals surface area contributed by atoms with Crippen LogP contribution in [0.2, 0.25) is 0 Å². The number of likely N-dealkylation sites (N-methyl/N-ethyl adjacent to an activating group) is 1. The molecule has 0 aromatic rings. The molecule has 5 nitrogen and oxygen atoms in total. The topological polar surface area (TPSA) is 68.2 Å². The lowest BCUT2D eigenvalue weighted by Crippen LogP contribution is -2.31. The van der Waals surface area contributed by atoms with Crippen LogP contribution in [0.5, 0.6) is 0 Å². The number of hydrogen-bond acceptors (Lipinski definition) is 4. The molecule has 0 bridgehead atoms. The molecule has 1 amide bonds. The average Bonchev–Trinajstić information content (AvgIpc) is 2.40. The van der Waals surface area contributed by atoms with Crippen LogP contribution in [-0.2, 0) is 4.79 Å².